The van der Waals surface area contributed by atoms with Gasteiger partial charge in [-0.05, 0) is 24.5 Å². The first-order valence-electron chi connectivity index (χ1n) is 15.1. The molecule has 0 aromatic heterocycles. The molecule has 2 rings (SSSR count). The van der Waals surface area contributed by atoms with Crippen LogP contribution < -0.4 is 5.73 Å². The van der Waals surface area contributed by atoms with Crippen molar-refractivity contribution in [2.45, 2.75) is 141 Å². The third-order valence-electron chi connectivity index (χ3n) is 8.11. The maximum Gasteiger partial charge on any atom is 0.0325 e. The summed E-state index contributed by atoms with van der Waals surface area (Å²) in [4.78, 5) is 0. The smallest absolute Gasteiger partial charge is 0.0325 e. The van der Waals surface area contributed by atoms with Crippen LogP contribution in [0.4, 0.5) is 0 Å². The zero-order valence-electron chi connectivity index (χ0n) is 23.6. The van der Waals surface area contributed by atoms with Crippen LogP contribution in [0.3, 0.4) is 0 Å². The molecule has 1 unspecified atom stereocenters. The van der Waals surface area contributed by atoms with Crippen LogP contribution in [0.25, 0.3) is 0 Å². The Morgan fingerprint density at radius 1 is 0.528 bits per heavy atom. The molecule has 0 fully saturated rings. The summed E-state index contributed by atoms with van der Waals surface area (Å²) in [6.07, 6.45) is 25.1. The van der Waals surface area contributed by atoms with Crippen molar-refractivity contribution in [3.8, 4) is 0 Å². The largest absolute Gasteiger partial charge is 0.327 e. The monoisotopic (exact) mass is 513 g/mol. The van der Waals surface area contributed by atoms with Crippen molar-refractivity contribution in [2.75, 3.05) is 0 Å². The minimum atomic E-state index is -0.141. The normalized spacial score (nSPS) is 12.3. The van der Waals surface area contributed by atoms with Crippen LogP contribution in [0.15, 0.2) is 60.7 Å². The maximum absolute atomic E-state index is 6.88. The van der Waals surface area contributed by atoms with E-state index in [9.17, 15) is 0 Å². The van der Waals surface area contributed by atoms with Gasteiger partial charge in [0.2, 0.25) is 0 Å². The number of benzene rings is 2. The fourth-order valence-corrected chi connectivity index (χ4v) is 5.54. The van der Waals surface area contributed by atoms with Crippen molar-refractivity contribution in [1.82, 2.24) is 0 Å². The second-order valence-corrected chi connectivity index (χ2v) is 11.0. The van der Waals surface area contributed by atoms with Gasteiger partial charge in [0, 0.05) is 11.5 Å². The molecule has 1 atom stereocenters. The lowest BCUT2D eigenvalue weighted by Gasteiger charge is -2.37. The molecule has 0 aliphatic heterocycles. The Kier molecular flexibility index (Phi) is 18.8. The Morgan fingerprint density at radius 2 is 0.833 bits per heavy atom. The topological polar surface area (TPSA) is 26.0 Å². The van der Waals surface area contributed by atoms with E-state index in [0.29, 0.717) is 0 Å². The van der Waals surface area contributed by atoms with Crippen molar-refractivity contribution in [3.63, 3.8) is 0 Å². The molecule has 0 spiro atoms. The first-order chi connectivity index (χ1) is 17.2. The number of hydrogen-bond acceptors (Lipinski definition) is 1. The van der Waals surface area contributed by atoms with E-state index in [1.54, 1.807) is 0 Å². The van der Waals surface area contributed by atoms with Crippen molar-refractivity contribution in [3.05, 3.63) is 71.8 Å². The van der Waals surface area contributed by atoms with E-state index < -0.39 is 0 Å². The lowest BCUT2D eigenvalue weighted by Crippen LogP contribution is -2.44. The van der Waals surface area contributed by atoms with Crippen molar-refractivity contribution in [2.24, 2.45) is 5.73 Å². The molecule has 2 aromatic carbocycles. The molecular weight excluding hydrogens is 458 g/mol. The Balaban J connectivity index is 0.00000648. The predicted octanol–water partition coefficient (Wildman–Crippen LogP) is 10.8. The van der Waals surface area contributed by atoms with E-state index >= 15 is 0 Å². The Labute approximate surface area is 230 Å². The summed E-state index contributed by atoms with van der Waals surface area (Å²) in [6, 6.07) is 21.8. The summed E-state index contributed by atoms with van der Waals surface area (Å²) < 4.78 is 0. The molecule has 0 amide bonds. The van der Waals surface area contributed by atoms with Crippen LogP contribution in [0, 0.1) is 0 Å². The van der Waals surface area contributed by atoms with Gasteiger partial charge in [-0.25, -0.2) is 0 Å². The number of rotatable bonds is 21. The van der Waals surface area contributed by atoms with Gasteiger partial charge in [0.15, 0.2) is 0 Å². The number of nitrogens with two attached hydrogens (primary N) is 1. The van der Waals surface area contributed by atoms with Crippen LogP contribution in [-0.4, -0.2) is 6.04 Å². The van der Waals surface area contributed by atoms with Crippen LogP contribution in [0.1, 0.15) is 141 Å². The van der Waals surface area contributed by atoms with Gasteiger partial charge >= 0.3 is 0 Å². The molecular formula is C34H56ClN. The van der Waals surface area contributed by atoms with E-state index in [4.69, 9.17) is 5.73 Å². The number of hydrogen-bond donors (Lipinski definition) is 1. The zero-order chi connectivity index (χ0) is 25.0. The highest BCUT2D eigenvalue weighted by Crippen LogP contribution is 2.36. The van der Waals surface area contributed by atoms with Gasteiger partial charge in [-0.15, -0.1) is 12.4 Å². The second kappa shape index (κ2) is 20.7. The van der Waals surface area contributed by atoms with Gasteiger partial charge in [0.25, 0.3) is 0 Å². The highest BCUT2D eigenvalue weighted by atomic mass is 35.5. The van der Waals surface area contributed by atoms with E-state index in [-0.39, 0.29) is 23.9 Å². The molecule has 0 aliphatic carbocycles. The summed E-state index contributed by atoms with van der Waals surface area (Å²) >= 11 is 0. The molecule has 1 nitrogen and oxygen atoms in total. The number of halogens is 1. The average Bonchev–Trinajstić information content (AvgIpc) is 2.90. The van der Waals surface area contributed by atoms with Crippen LogP contribution in [0.2, 0.25) is 0 Å². The molecule has 2 heteroatoms. The molecule has 204 valence electrons. The second-order valence-electron chi connectivity index (χ2n) is 11.0. The molecule has 0 saturated carbocycles. The highest BCUT2D eigenvalue weighted by molar-refractivity contribution is 5.85. The van der Waals surface area contributed by atoms with Gasteiger partial charge < -0.3 is 5.73 Å². The minimum absolute atomic E-state index is 0. The van der Waals surface area contributed by atoms with Gasteiger partial charge in [-0.3, -0.25) is 0 Å². The first-order valence-corrected chi connectivity index (χ1v) is 15.1. The third-order valence-corrected chi connectivity index (χ3v) is 8.11. The predicted molar refractivity (Wildman–Crippen MR) is 163 cm³/mol. The Bertz CT molecular complexity index is 690. The lowest BCUT2D eigenvalue weighted by atomic mass is 9.69. The van der Waals surface area contributed by atoms with Gasteiger partial charge in [0.1, 0.15) is 0 Å². The SMILES string of the molecule is CCCCCCCCCCCCCCCCCCCC(N)C(C)(c1ccccc1)c1ccccc1.Cl. The maximum atomic E-state index is 6.88. The molecule has 2 aromatic rings. The van der Waals surface area contributed by atoms with Gasteiger partial charge in [0.05, 0.1) is 0 Å². The molecule has 0 radical (unpaired) electrons. The summed E-state index contributed by atoms with van der Waals surface area (Å²) in [7, 11) is 0. The standard InChI is InChI=1S/C34H55N.ClH/c1-3-4-5-6-7-8-9-10-11-12-13-14-15-16-17-18-25-30-33(35)34(2,31-26-21-19-22-27-31)32-28-23-20-24-29-32;/h19-24,26-29,33H,3-18,25,30,35H2,1-2H3;1H. The first kappa shape index (κ1) is 32.7. The molecule has 36 heavy (non-hydrogen) atoms. The Hall–Kier alpha value is -1.31. The fourth-order valence-electron chi connectivity index (χ4n) is 5.54. The quantitative estimate of drug-likeness (QED) is 0.165. The average molecular weight is 514 g/mol. The van der Waals surface area contributed by atoms with Crippen LogP contribution in [-0.2, 0) is 5.41 Å². The third kappa shape index (κ3) is 12.3. The molecule has 0 bridgehead atoms. The van der Waals surface area contributed by atoms with Gasteiger partial charge in [-0.2, -0.15) is 0 Å². The lowest BCUT2D eigenvalue weighted by molar-refractivity contribution is 0.401. The summed E-state index contributed by atoms with van der Waals surface area (Å²) in [5.74, 6) is 0. The summed E-state index contributed by atoms with van der Waals surface area (Å²) in [5, 5.41) is 0. The molecule has 0 saturated heterocycles. The van der Waals surface area contributed by atoms with Crippen molar-refractivity contribution >= 4 is 12.4 Å². The van der Waals surface area contributed by atoms with Crippen LogP contribution >= 0.6 is 12.4 Å². The van der Waals surface area contributed by atoms with E-state index in [1.807, 2.05) is 0 Å². The summed E-state index contributed by atoms with van der Waals surface area (Å²) in [6.45, 7) is 4.63. The number of unbranched alkanes of at least 4 members (excludes halogenated alkanes) is 16. The van der Waals surface area contributed by atoms with Crippen molar-refractivity contribution < 1.29 is 0 Å². The van der Waals surface area contributed by atoms with Crippen molar-refractivity contribution in [1.29, 1.82) is 0 Å². The van der Waals surface area contributed by atoms with E-state index in [2.05, 4.69) is 74.5 Å². The van der Waals surface area contributed by atoms with E-state index in [0.717, 1.165) is 6.42 Å². The fraction of sp³-hybridized carbons (Fsp3) is 0.647. The summed E-state index contributed by atoms with van der Waals surface area (Å²) in [5.41, 5.74) is 9.39. The molecule has 2 N–H and O–H groups in total. The highest BCUT2D eigenvalue weighted by Gasteiger charge is 2.34. The Morgan fingerprint density at radius 3 is 1.17 bits per heavy atom. The van der Waals surface area contributed by atoms with Crippen LogP contribution in [0.5, 0.6) is 0 Å². The molecule has 0 aliphatic rings. The minimum Gasteiger partial charge on any atom is -0.327 e. The van der Waals surface area contributed by atoms with Gasteiger partial charge in [-0.1, -0.05) is 177 Å². The molecule has 0 heterocycles. The zero-order valence-corrected chi connectivity index (χ0v) is 24.4. The van der Waals surface area contributed by atoms with E-state index in [1.165, 1.54) is 120 Å².